The Kier molecular flexibility index (Phi) is 2.95. The number of hydrogen-bond acceptors (Lipinski definition) is 3. The van der Waals surface area contributed by atoms with E-state index in [0.29, 0.717) is 12.3 Å². The maximum absolute atomic E-state index is 7.12. The molecule has 0 saturated carbocycles. The van der Waals surface area contributed by atoms with Crippen molar-refractivity contribution in [3.05, 3.63) is 23.8 Å². The zero-order valence-electron chi connectivity index (χ0n) is 7.91. The highest BCUT2D eigenvalue weighted by Crippen LogP contribution is 2.09. The molecule has 0 fully saturated rings. The molecule has 13 heavy (non-hydrogen) atoms. The van der Waals surface area contributed by atoms with Crippen LogP contribution in [0.3, 0.4) is 0 Å². The third-order valence-corrected chi connectivity index (χ3v) is 1.67. The van der Waals surface area contributed by atoms with E-state index >= 15 is 0 Å². The van der Waals surface area contributed by atoms with E-state index in [1.54, 1.807) is 12.4 Å². The van der Waals surface area contributed by atoms with Crippen LogP contribution in [-0.2, 0) is 6.42 Å². The molecule has 1 aromatic rings. The van der Waals surface area contributed by atoms with Gasteiger partial charge in [-0.25, -0.2) is 0 Å². The van der Waals surface area contributed by atoms with Gasteiger partial charge in [-0.3, -0.25) is 15.4 Å². The Balaban J connectivity index is 2.85. The monoisotopic (exact) mass is 178 g/mol. The van der Waals surface area contributed by atoms with Gasteiger partial charge in [-0.05, 0) is 5.92 Å². The second kappa shape index (κ2) is 3.98. The second-order valence-corrected chi connectivity index (χ2v) is 3.29. The van der Waals surface area contributed by atoms with Gasteiger partial charge in [-0.1, -0.05) is 13.8 Å². The minimum absolute atomic E-state index is 0.121. The maximum atomic E-state index is 7.12. The van der Waals surface area contributed by atoms with Crippen LogP contribution in [0.2, 0.25) is 0 Å². The predicted molar refractivity (Wildman–Crippen MR) is 51.7 cm³/mol. The summed E-state index contributed by atoms with van der Waals surface area (Å²) in [4.78, 5) is 8.37. The summed E-state index contributed by atoms with van der Waals surface area (Å²) in [5.41, 5.74) is 6.97. The van der Waals surface area contributed by atoms with E-state index in [-0.39, 0.29) is 5.84 Å². The van der Waals surface area contributed by atoms with E-state index in [0.717, 1.165) is 11.4 Å². The second-order valence-electron chi connectivity index (χ2n) is 3.29. The lowest BCUT2D eigenvalue weighted by atomic mass is 10.1. The molecular weight excluding hydrogens is 164 g/mol. The van der Waals surface area contributed by atoms with Crippen LogP contribution in [0.4, 0.5) is 0 Å². The van der Waals surface area contributed by atoms with Crippen LogP contribution in [-0.4, -0.2) is 15.8 Å². The fraction of sp³-hybridized carbons (Fsp3) is 0.444. The van der Waals surface area contributed by atoms with Gasteiger partial charge in [-0.2, -0.15) is 0 Å². The van der Waals surface area contributed by atoms with Gasteiger partial charge in [-0.15, -0.1) is 0 Å². The predicted octanol–water partition coefficient (Wildman–Crippen LogP) is 1.08. The van der Waals surface area contributed by atoms with Gasteiger partial charge >= 0.3 is 0 Å². The summed E-state index contributed by atoms with van der Waals surface area (Å²) in [6, 6.07) is 0. The number of amidine groups is 1. The average molecular weight is 178 g/mol. The lowest BCUT2D eigenvalue weighted by molar-refractivity contribution is 0.799. The van der Waals surface area contributed by atoms with Crippen molar-refractivity contribution in [3.63, 3.8) is 0 Å². The SMILES string of the molecule is CC(C)c1cncc(CC(=N)N)n1. The molecule has 0 saturated heterocycles. The summed E-state index contributed by atoms with van der Waals surface area (Å²) < 4.78 is 0. The molecule has 70 valence electrons. The zero-order chi connectivity index (χ0) is 9.84. The molecule has 0 aliphatic carbocycles. The molecule has 1 rings (SSSR count). The number of nitrogens with two attached hydrogens (primary N) is 1. The third-order valence-electron chi connectivity index (χ3n) is 1.67. The number of rotatable bonds is 3. The third kappa shape index (κ3) is 2.82. The Bertz CT molecular complexity index is 306. The summed E-state index contributed by atoms with van der Waals surface area (Å²) >= 11 is 0. The van der Waals surface area contributed by atoms with E-state index in [4.69, 9.17) is 11.1 Å². The van der Waals surface area contributed by atoms with Gasteiger partial charge in [0, 0.05) is 18.8 Å². The van der Waals surface area contributed by atoms with Crippen molar-refractivity contribution in [2.24, 2.45) is 5.73 Å². The molecule has 0 bridgehead atoms. The molecule has 0 aliphatic heterocycles. The van der Waals surface area contributed by atoms with E-state index in [2.05, 4.69) is 23.8 Å². The van der Waals surface area contributed by atoms with Gasteiger partial charge in [0.1, 0.15) is 0 Å². The first-order chi connectivity index (χ1) is 6.09. The van der Waals surface area contributed by atoms with E-state index in [9.17, 15) is 0 Å². The molecule has 0 amide bonds. The lowest BCUT2D eigenvalue weighted by Gasteiger charge is -2.05. The fourth-order valence-corrected chi connectivity index (χ4v) is 0.982. The molecule has 0 aromatic carbocycles. The number of hydrogen-bond donors (Lipinski definition) is 2. The Morgan fingerprint density at radius 2 is 2.23 bits per heavy atom. The fourth-order valence-electron chi connectivity index (χ4n) is 0.982. The Morgan fingerprint density at radius 3 is 2.77 bits per heavy atom. The topological polar surface area (TPSA) is 75.7 Å². The molecule has 4 nitrogen and oxygen atoms in total. The summed E-state index contributed by atoms with van der Waals surface area (Å²) in [6.07, 6.45) is 3.77. The number of nitrogens with one attached hydrogen (secondary N) is 1. The van der Waals surface area contributed by atoms with Crippen LogP contribution in [0.15, 0.2) is 12.4 Å². The maximum Gasteiger partial charge on any atom is 0.0966 e. The molecule has 0 unspecified atom stereocenters. The van der Waals surface area contributed by atoms with Gasteiger partial charge in [0.15, 0.2) is 0 Å². The van der Waals surface area contributed by atoms with Crippen molar-refractivity contribution in [2.75, 3.05) is 0 Å². The van der Waals surface area contributed by atoms with Crippen LogP contribution in [0.25, 0.3) is 0 Å². The van der Waals surface area contributed by atoms with Crippen LogP contribution in [0.5, 0.6) is 0 Å². The van der Waals surface area contributed by atoms with Gasteiger partial charge < -0.3 is 5.73 Å². The quantitative estimate of drug-likeness (QED) is 0.537. The zero-order valence-corrected chi connectivity index (χ0v) is 7.91. The average Bonchev–Trinajstić information content (AvgIpc) is 2.03. The van der Waals surface area contributed by atoms with Crippen LogP contribution in [0.1, 0.15) is 31.2 Å². The molecule has 0 spiro atoms. The van der Waals surface area contributed by atoms with Crippen molar-refractivity contribution in [1.29, 1.82) is 5.41 Å². The highest BCUT2D eigenvalue weighted by Gasteiger charge is 2.03. The highest BCUT2D eigenvalue weighted by molar-refractivity contribution is 5.78. The highest BCUT2D eigenvalue weighted by atomic mass is 14.8. The van der Waals surface area contributed by atoms with Gasteiger partial charge in [0.2, 0.25) is 0 Å². The van der Waals surface area contributed by atoms with Crippen LogP contribution < -0.4 is 5.73 Å². The molecule has 0 aliphatic rings. The van der Waals surface area contributed by atoms with Crippen molar-refractivity contribution in [2.45, 2.75) is 26.2 Å². The van der Waals surface area contributed by atoms with E-state index in [1.165, 1.54) is 0 Å². The standard InChI is InChI=1S/C9H14N4/c1-6(2)8-5-12-4-7(13-8)3-9(10)11/h4-6H,3H2,1-2H3,(H3,10,11). The van der Waals surface area contributed by atoms with Crippen molar-refractivity contribution < 1.29 is 0 Å². The molecular formula is C9H14N4. The number of nitrogens with zero attached hydrogens (tertiary/aromatic N) is 2. The minimum atomic E-state index is 0.121. The van der Waals surface area contributed by atoms with Crippen LogP contribution in [0, 0.1) is 5.41 Å². The Hall–Kier alpha value is -1.45. The van der Waals surface area contributed by atoms with E-state index < -0.39 is 0 Å². The molecule has 0 atom stereocenters. The summed E-state index contributed by atoms with van der Waals surface area (Å²) in [5.74, 6) is 0.481. The Morgan fingerprint density at radius 1 is 1.54 bits per heavy atom. The van der Waals surface area contributed by atoms with Gasteiger partial charge in [0.25, 0.3) is 0 Å². The van der Waals surface area contributed by atoms with Gasteiger partial charge in [0.05, 0.1) is 17.2 Å². The minimum Gasteiger partial charge on any atom is -0.387 e. The summed E-state index contributed by atoms with van der Waals surface area (Å²) in [7, 11) is 0. The molecule has 4 heteroatoms. The first kappa shape index (κ1) is 9.64. The van der Waals surface area contributed by atoms with Crippen LogP contribution >= 0.6 is 0 Å². The van der Waals surface area contributed by atoms with Crippen molar-refractivity contribution in [1.82, 2.24) is 9.97 Å². The summed E-state index contributed by atoms with van der Waals surface area (Å²) in [6.45, 7) is 4.11. The molecule has 1 aromatic heterocycles. The first-order valence-corrected chi connectivity index (χ1v) is 4.23. The normalized spacial score (nSPS) is 10.4. The first-order valence-electron chi connectivity index (χ1n) is 4.23. The molecule has 1 heterocycles. The molecule has 3 N–H and O–H groups in total. The smallest absolute Gasteiger partial charge is 0.0966 e. The van der Waals surface area contributed by atoms with E-state index in [1.807, 2.05) is 0 Å². The lowest BCUT2D eigenvalue weighted by Crippen LogP contribution is -2.14. The largest absolute Gasteiger partial charge is 0.387 e. The Labute approximate surface area is 77.7 Å². The van der Waals surface area contributed by atoms with Crippen molar-refractivity contribution >= 4 is 5.84 Å². The van der Waals surface area contributed by atoms with Crippen molar-refractivity contribution in [3.8, 4) is 0 Å². The number of aromatic nitrogens is 2. The summed E-state index contributed by atoms with van der Waals surface area (Å²) in [5, 5.41) is 7.12. The molecule has 0 radical (unpaired) electrons.